The highest BCUT2D eigenvalue weighted by atomic mass is 16.5. The first kappa shape index (κ1) is 15.5. The summed E-state index contributed by atoms with van der Waals surface area (Å²) in [7, 11) is 0. The fourth-order valence-corrected chi connectivity index (χ4v) is 3.23. The van der Waals surface area contributed by atoms with Crippen LogP contribution in [0.5, 0.6) is 5.75 Å². The number of hydrogen-bond donors (Lipinski definition) is 2. The summed E-state index contributed by atoms with van der Waals surface area (Å²) in [5.41, 5.74) is 1.19. The van der Waals surface area contributed by atoms with Crippen LogP contribution in [-0.2, 0) is 9.53 Å². The molecule has 122 valence electrons. The van der Waals surface area contributed by atoms with Gasteiger partial charge in [-0.2, -0.15) is 0 Å². The number of phenolic OH excluding ortho intramolecular Hbond substituents is 1. The molecule has 3 rings (SSSR count). The molecule has 6 heteroatoms. The highest BCUT2D eigenvalue weighted by molar-refractivity contribution is 6.08. The molecular formula is C17H20N2O4. The van der Waals surface area contributed by atoms with Crippen molar-refractivity contribution in [1.82, 2.24) is 5.32 Å². The van der Waals surface area contributed by atoms with E-state index in [4.69, 9.17) is 4.74 Å². The van der Waals surface area contributed by atoms with Gasteiger partial charge in [0.25, 0.3) is 0 Å². The smallest absolute Gasteiger partial charge is 0.341 e. The summed E-state index contributed by atoms with van der Waals surface area (Å²) in [4.78, 5) is 28.2. The first-order valence-corrected chi connectivity index (χ1v) is 7.89. The maximum atomic E-state index is 12.6. The predicted octanol–water partition coefficient (Wildman–Crippen LogP) is 2.72. The molecule has 1 saturated carbocycles. The Labute approximate surface area is 134 Å². The molecule has 1 aliphatic heterocycles. The quantitative estimate of drug-likeness (QED) is 0.839. The largest absolute Gasteiger partial charge is 0.508 e. The van der Waals surface area contributed by atoms with E-state index >= 15 is 0 Å². The average Bonchev–Trinajstić information content (AvgIpc) is 3.00. The molecular weight excluding hydrogens is 296 g/mol. The van der Waals surface area contributed by atoms with Crippen LogP contribution in [0, 0.1) is 5.92 Å². The molecule has 1 heterocycles. The van der Waals surface area contributed by atoms with E-state index in [0.717, 1.165) is 31.2 Å². The maximum Gasteiger partial charge on any atom is 0.341 e. The Morgan fingerprint density at radius 2 is 1.91 bits per heavy atom. The lowest BCUT2D eigenvalue weighted by atomic mass is 9.88. The van der Waals surface area contributed by atoms with E-state index in [-0.39, 0.29) is 17.8 Å². The fourth-order valence-electron chi connectivity index (χ4n) is 3.23. The van der Waals surface area contributed by atoms with Crippen molar-refractivity contribution in [2.75, 3.05) is 0 Å². The molecule has 0 saturated heterocycles. The SMILES string of the molecule is CC1=NC(=O)NC(c2ccc(O)cc2)C1C(=O)OC1CCCC1. The van der Waals surface area contributed by atoms with Gasteiger partial charge >= 0.3 is 12.0 Å². The van der Waals surface area contributed by atoms with Crippen LogP contribution in [0.2, 0.25) is 0 Å². The van der Waals surface area contributed by atoms with Gasteiger partial charge in [0.05, 0.1) is 6.04 Å². The van der Waals surface area contributed by atoms with Crippen LogP contribution in [0.25, 0.3) is 0 Å². The van der Waals surface area contributed by atoms with E-state index < -0.39 is 18.0 Å². The molecule has 1 fully saturated rings. The number of urea groups is 1. The monoisotopic (exact) mass is 316 g/mol. The summed E-state index contributed by atoms with van der Waals surface area (Å²) < 4.78 is 5.61. The van der Waals surface area contributed by atoms with Crippen LogP contribution in [-0.4, -0.2) is 28.9 Å². The first-order valence-electron chi connectivity index (χ1n) is 7.89. The summed E-state index contributed by atoms with van der Waals surface area (Å²) in [5, 5.41) is 12.2. The van der Waals surface area contributed by atoms with Gasteiger partial charge in [0.1, 0.15) is 17.8 Å². The molecule has 1 aliphatic carbocycles. The van der Waals surface area contributed by atoms with Gasteiger partial charge in [-0.25, -0.2) is 9.79 Å². The molecule has 0 aromatic heterocycles. The normalized spacial score (nSPS) is 24.9. The van der Waals surface area contributed by atoms with E-state index in [1.54, 1.807) is 19.1 Å². The van der Waals surface area contributed by atoms with Gasteiger partial charge in [-0.1, -0.05) is 12.1 Å². The van der Waals surface area contributed by atoms with E-state index in [1.165, 1.54) is 12.1 Å². The highest BCUT2D eigenvalue weighted by Gasteiger charge is 2.39. The third-order valence-corrected chi connectivity index (χ3v) is 4.43. The Morgan fingerprint density at radius 3 is 2.57 bits per heavy atom. The molecule has 6 nitrogen and oxygen atoms in total. The molecule has 2 amide bonds. The third-order valence-electron chi connectivity index (χ3n) is 4.43. The zero-order valence-corrected chi connectivity index (χ0v) is 13.0. The van der Waals surface area contributed by atoms with Gasteiger partial charge in [0.2, 0.25) is 0 Å². The second-order valence-corrected chi connectivity index (χ2v) is 6.09. The van der Waals surface area contributed by atoms with Gasteiger partial charge < -0.3 is 15.2 Å². The zero-order valence-electron chi connectivity index (χ0n) is 13.0. The molecule has 2 atom stereocenters. The van der Waals surface area contributed by atoms with Crippen LogP contribution >= 0.6 is 0 Å². The minimum atomic E-state index is -0.641. The minimum absolute atomic E-state index is 0.0339. The molecule has 0 radical (unpaired) electrons. The Hall–Kier alpha value is -2.37. The topological polar surface area (TPSA) is 88.0 Å². The third kappa shape index (κ3) is 3.36. The van der Waals surface area contributed by atoms with Crippen molar-refractivity contribution in [2.45, 2.75) is 44.8 Å². The lowest BCUT2D eigenvalue weighted by Gasteiger charge is -2.30. The number of hydrogen-bond acceptors (Lipinski definition) is 4. The summed E-state index contributed by atoms with van der Waals surface area (Å²) in [6, 6.07) is 5.44. The number of nitrogens with one attached hydrogen (secondary N) is 1. The lowest BCUT2D eigenvalue weighted by molar-refractivity contribution is -0.152. The van der Waals surface area contributed by atoms with Crippen LogP contribution in [0.1, 0.15) is 44.2 Å². The zero-order chi connectivity index (χ0) is 16.4. The van der Waals surface area contributed by atoms with Crippen molar-refractivity contribution < 1.29 is 19.4 Å². The average molecular weight is 316 g/mol. The predicted molar refractivity (Wildman–Crippen MR) is 84.3 cm³/mol. The second-order valence-electron chi connectivity index (χ2n) is 6.09. The molecule has 0 bridgehead atoms. The van der Waals surface area contributed by atoms with Crippen LogP contribution < -0.4 is 5.32 Å². The number of carbonyl (C=O) groups excluding carboxylic acids is 2. The Balaban J connectivity index is 1.85. The van der Waals surface area contributed by atoms with E-state index in [0.29, 0.717) is 5.71 Å². The number of rotatable bonds is 3. The number of ether oxygens (including phenoxy) is 1. The molecule has 0 spiro atoms. The summed E-state index contributed by atoms with van der Waals surface area (Å²) in [6.45, 7) is 1.67. The van der Waals surface area contributed by atoms with Crippen LogP contribution in [0.3, 0.4) is 0 Å². The molecule has 2 unspecified atom stereocenters. The fraction of sp³-hybridized carbons (Fsp3) is 0.471. The van der Waals surface area contributed by atoms with Gasteiger partial charge in [0, 0.05) is 5.71 Å². The van der Waals surface area contributed by atoms with Gasteiger partial charge in [0.15, 0.2) is 0 Å². The van der Waals surface area contributed by atoms with Crippen molar-refractivity contribution in [1.29, 1.82) is 0 Å². The van der Waals surface area contributed by atoms with Crippen LogP contribution in [0.4, 0.5) is 4.79 Å². The van der Waals surface area contributed by atoms with Crippen molar-refractivity contribution in [2.24, 2.45) is 10.9 Å². The standard InChI is InChI=1S/C17H20N2O4/c1-10-14(16(21)23-13-4-2-3-5-13)15(19-17(22)18-10)11-6-8-12(20)9-7-11/h6-9,13-15,20H,2-5H2,1H3,(H,19,22). The van der Waals surface area contributed by atoms with E-state index in [9.17, 15) is 14.7 Å². The van der Waals surface area contributed by atoms with Crippen molar-refractivity contribution in [3.05, 3.63) is 29.8 Å². The summed E-state index contributed by atoms with van der Waals surface area (Å²) in [5.74, 6) is -0.861. The molecule has 1 aromatic carbocycles. The number of phenols is 1. The number of aromatic hydroxyl groups is 1. The Morgan fingerprint density at radius 1 is 1.26 bits per heavy atom. The molecule has 2 aliphatic rings. The number of aliphatic imine (C=N–C) groups is 1. The van der Waals surface area contributed by atoms with E-state index in [2.05, 4.69) is 10.3 Å². The Kier molecular flexibility index (Phi) is 4.32. The van der Waals surface area contributed by atoms with Crippen LogP contribution in [0.15, 0.2) is 29.3 Å². The Bertz CT molecular complexity index is 632. The maximum absolute atomic E-state index is 12.6. The van der Waals surface area contributed by atoms with Crippen molar-refractivity contribution >= 4 is 17.7 Å². The summed E-state index contributed by atoms with van der Waals surface area (Å²) >= 11 is 0. The van der Waals surface area contributed by atoms with Gasteiger partial charge in [-0.3, -0.25) is 4.79 Å². The second kappa shape index (κ2) is 6.40. The number of benzene rings is 1. The number of carbonyl (C=O) groups is 2. The van der Waals surface area contributed by atoms with Gasteiger partial charge in [-0.15, -0.1) is 0 Å². The first-order chi connectivity index (χ1) is 11.0. The molecule has 23 heavy (non-hydrogen) atoms. The van der Waals surface area contributed by atoms with Gasteiger partial charge in [-0.05, 0) is 50.3 Å². The van der Waals surface area contributed by atoms with Crippen molar-refractivity contribution in [3.63, 3.8) is 0 Å². The van der Waals surface area contributed by atoms with E-state index in [1.807, 2.05) is 0 Å². The number of esters is 1. The van der Waals surface area contributed by atoms with Crippen molar-refractivity contribution in [3.8, 4) is 5.75 Å². The lowest BCUT2D eigenvalue weighted by Crippen LogP contribution is -2.44. The minimum Gasteiger partial charge on any atom is -0.508 e. The number of amides is 2. The highest BCUT2D eigenvalue weighted by Crippen LogP contribution is 2.31. The summed E-state index contributed by atoms with van der Waals surface area (Å²) in [6.07, 6.45) is 3.91. The molecule has 2 N–H and O–H groups in total. The molecule has 1 aromatic rings. The number of nitrogens with zero attached hydrogens (tertiary/aromatic N) is 1.